The molecule has 0 amide bonds. The lowest BCUT2D eigenvalue weighted by Gasteiger charge is -2.07. The number of phenols is 2. The molecule has 0 atom stereocenters. The molecular weight excluding hydrogens is 286 g/mol. The number of fused-ring (bicyclic) bond motifs is 4. The largest absolute Gasteiger partial charge is 0.508 e. The lowest BCUT2D eigenvalue weighted by atomic mass is 10.0. The van der Waals surface area contributed by atoms with Crippen LogP contribution < -0.4 is 0 Å². The molecule has 3 nitrogen and oxygen atoms in total. The Kier molecular flexibility index (Phi) is 2.45. The highest BCUT2D eigenvalue weighted by molar-refractivity contribution is 6.36. The number of pyridine rings is 1. The van der Waals surface area contributed by atoms with Crippen molar-refractivity contribution in [3.05, 3.63) is 52.0 Å². The van der Waals surface area contributed by atoms with Gasteiger partial charge in [0.25, 0.3) is 0 Å². The van der Waals surface area contributed by atoms with E-state index in [-0.39, 0.29) is 5.75 Å². The molecule has 0 fully saturated rings. The molecule has 0 spiro atoms. The Hall–Kier alpha value is -2.26. The molecule has 0 radical (unpaired) electrons. The molecule has 0 unspecified atom stereocenters. The third-order valence-corrected chi connectivity index (χ3v) is 4.61. The van der Waals surface area contributed by atoms with Crippen LogP contribution in [0.5, 0.6) is 11.5 Å². The summed E-state index contributed by atoms with van der Waals surface area (Å²) in [5.74, 6) is 0.468. The van der Waals surface area contributed by atoms with E-state index in [4.69, 9.17) is 16.6 Å². The monoisotopic (exact) mass is 297 g/mol. The lowest BCUT2D eigenvalue weighted by Crippen LogP contribution is -1.89. The van der Waals surface area contributed by atoms with Crippen LogP contribution in [0.4, 0.5) is 0 Å². The first-order valence-corrected chi connectivity index (χ1v) is 7.07. The van der Waals surface area contributed by atoms with Crippen LogP contribution >= 0.6 is 11.6 Å². The van der Waals surface area contributed by atoms with Gasteiger partial charge in [0.05, 0.1) is 16.2 Å². The summed E-state index contributed by atoms with van der Waals surface area (Å²) < 4.78 is 0. The SMILES string of the molecule is Cc1c(O)ccc2c1Cc1c-2nc2ccc(O)cc2c1Cl. The first-order chi connectivity index (χ1) is 10.1. The van der Waals surface area contributed by atoms with Crippen molar-refractivity contribution in [1.82, 2.24) is 4.98 Å². The first kappa shape index (κ1) is 12.5. The maximum absolute atomic E-state index is 9.87. The summed E-state index contributed by atoms with van der Waals surface area (Å²) in [6.45, 7) is 1.90. The fourth-order valence-electron chi connectivity index (χ4n) is 3.01. The zero-order valence-electron chi connectivity index (χ0n) is 11.3. The van der Waals surface area contributed by atoms with Gasteiger partial charge in [-0.25, -0.2) is 4.98 Å². The summed E-state index contributed by atoms with van der Waals surface area (Å²) in [5, 5.41) is 20.9. The molecule has 3 aromatic rings. The van der Waals surface area contributed by atoms with Crippen LogP contribution in [0.3, 0.4) is 0 Å². The summed E-state index contributed by atoms with van der Waals surface area (Å²) in [5.41, 5.74) is 5.55. The fraction of sp³-hybridized carbons (Fsp3) is 0.118. The van der Waals surface area contributed by atoms with Crippen LogP contribution in [-0.4, -0.2) is 15.2 Å². The number of aromatic hydroxyl groups is 2. The first-order valence-electron chi connectivity index (χ1n) is 6.69. The second-order valence-corrected chi connectivity index (χ2v) is 5.74. The molecule has 0 bridgehead atoms. The molecule has 4 heteroatoms. The van der Waals surface area contributed by atoms with Gasteiger partial charge in [0.2, 0.25) is 0 Å². The van der Waals surface area contributed by atoms with Gasteiger partial charge in [-0.3, -0.25) is 0 Å². The van der Waals surface area contributed by atoms with Gasteiger partial charge in [0.1, 0.15) is 11.5 Å². The second kappa shape index (κ2) is 4.12. The van der Waals surface area contributed by atoms with Crippen molar-refractivity contribution in [3.63, 3.8) is 0 Å². The normalized spacial score (nSPS) is 12.5. The number of phenolic OH excluding ortho intramolecular Hbond substituents is 2. The minimum Gasteiger partial charge on any atom is -0.508 e. The highest BCUT2D eigenvalue weighted by atomic mass is 35.5. The lowest BCUT2D eigenvalue weighted by molar-refractivity contribution is 0.470. The van der Waals surface area contributed by atoms with E-state index in [0.717, 1.165) is 38.9 Å². The van der Waals surface area contributed by atoms with Crippen LogP contribution in [0.25, 0.3) is 22.2 Å². The number of hydrogen-bond acceptors (Lipinski definition) is 3. The highest BCUT2D eigenvalue weighted by Crippen LogP contribution is 2.44. The Morgan fingerprint density at radius 3 is 2.71 bits per heavy atom. The average molecular weight is 298 g/mol. The van der Waals surface area contributed by atoms with Crippen molar-refractivity contribution in [2.45, 2.75) is 13.3 Å². The van der Waals surface area contributed by atoms with Crippen molar-refractivity contribution < 1.29 is 10.2 Å². The summed E-state index contributed by atoms with van der Waals surface area (Å²) in [7, 11) is 0. The van der Waals surface area contributed by atoms with E-state index in [2.05, 4.69) is 0 Å². The molecule has 0 saturated heterocycles. The molecule has 2 N–H and O–H groups in total. The maximum Gasteiger partial charge on any atom is 0.118 e. The van der Waals surface area contributed by atoms with Crippen molar-refractivity contribution in [2.75, 3.05) is 0 Å². The highest BCUT2D eigenvalue weighted by Gasteiger charge is 2.26. The van der Waals surface area contributed by atoms with E-state index >= 15 is 0 Å². The molecular formula is C17H12ClNO2. The van der Waals surface area contributed by atoms with Crippen molar-refractivity contribution in [2.24, 2.45) is 0 Å². The maximum atomic E-state index is 9.87. The summed E-state index contributed by atoms with van der Waals surface area (Å²) in [6.07, 6.45) is 0.655. The Morgan fingerprint density at radius 1 is 1.10 bits per heavy atom. The standard InChI is InChI=1S/C17H12ClNO2/c1-8-11-7-13-16(18)12-6-9(20)2-4-14(12)19-17(13)10(11)3-5-15(8)21/h2-6,20-21H,7H2,1H3. The van der Waals surface area contributed by atoms with Gasteiger partial charge in [-0.15, -0.1) is 0 Å². The molecule has 1 aliphatic rings. The minimum atomic E-state index is 0.176. The van der Waals surface area contributed by atoms with Crippen molar-refractivity contribution >= 4 is 22.5 Å². The number of nitrogens with zero attached hydrogens (tertiary/aromatic N) is 1. The van der Waals surface area contributed by atoms with Gasteiger partial charge < -0.3 is 10.2 Å². The molecule has 104 valence electrons. The van der Waals surface area contributed by atoms with Crippen LogP contribution in [0.15, 0.2) is 30.3 Å². The van der Waals surface area contributed by atoms with Crippen LogP contribution in [-0.2, 0) is 6.42 Å². The van der Waals surface area contributed by atoms with Crippen LogP contribution in [0.1, 0.15) is 16.7 Å². The zero-order chi connectivity index (χ0) is 14.7. The number of benzene rings is 2. The molecule has 4 rings (SSSR count). The van der Waals surface area contributed by atoms with E-state index in [0.29, 0.717) is 17.2 Å². The summed E-state index contributed by atoms with van der Waals surface area (Å²) >= 11 is 6.53. The van der Waals surface area contributed by atoms with Gasteiger partial charge in [0, 0.05) is 22.9 Å². The summed E-state index contributed by atoms with van der Waals surface area (Å²) in [4.78, 5) is 4.69. The van der Waals surface area contributed by atoms with Gasteiger partial charge in [-0.1, -0.05) is 11.6 Å². The van der Waals surface area contributed by atoms with Gasteiger partial charge in [0.15, 0.2) is 0 Å². The predicted octanol–water partition coefficient (Wildman–Crippen LogP) is 4.18. The van der Waals surface area contributed by atoms with Gasteiger partial charge in [-0.05, 0) is 48.4 Å². The van der Waals surface area contributed by atoms with Crippen molar-refractivity contribution in [3.8, 4) is 22.8 Å². The molecule has 2 aromatic carbocycles. The zero-order valence-corrected chi connectivity index (χ0v) is 12.1. The molecule has 1 heterocycles. The van der Waals surface area contributed by atoms with Crippen LogP contribution in [0.2, 0.25) is 5.02 Å². The van der Waals surface area contributed by atoms with Crippen molar-refractivity contribution in [1.29, 1.82) is 0 Å². The third-order valence-electron chi connectivity index (χ3n) is 4.18. The molecule has 1 aliphatic carbocycles. The molecule has 21 heavy (non-hydrogen) atoms. The average Bonchev–Trinajstić information content (AvgIpc) is 2.84. The molecule has 0 aliphatic heterocycles. The fourth-order valence-corrected chi connectivity index (χ4v) is 3.31. The van der Waals surface area contributed by atoms with Gasteiger partial charge >= 0.3 is 0 Å². The molecule has 1 aromatic heterocycles. The number of hydrogen-bond donors (Lipinski definition) is 2. The Balaban J connectivity index is 2.08. The summed E-state index contributed by atoms with van der Waals surface area (Å²) in [6, 6.07) is 8.59. The Morgan fingerprint density at radius 2 is 1.90 bits per heavy atom. The van der Waals surface area contributed by atoms with E-state index < -0.39 is 0 Å². The van der Waals surface area contributed by atoms with E-state index in [1.807, 2.05) is 13.0 Å². The number of rotatable bonds is 0. The van der Waals surface area contributed by atoms with E-state index in [1.165, 1.54) is 0 Å². The van der Waals surface area contributed by atoms with E-state index in [1.54, 1.807) is 24.3 Å². The van der Waals surface area contributed by atoms with Crippen LogP contribution in [0, 0.1) is 6.92 Å². The predicted molar refractivity (Wildman–Crippen MR) is 83.1 cm³/mol. The topological polar surface area (TPSA) is 53.4 Å². The number of aromatic nitrogens is 1. The minimum absolute atomic E-state index is 0.176. The molecule has 0 saturated carbocycles. The second-order valence-electron chi connectivity index (χ2n) is 5.37. The van der Waals surface area contributed by atoms with Gasteiger partial charge in [-0.2, -0.15) is 0 Å². The number of halogens is 1. The Bertz CT molecular complexity index is 919. The quantitative estimate of drug-likeness (QED) is 0.512. The smallest absolute Gasteiger partial charge is 0.118 e. The third kappa shape index (κ3) is 1.64. The van der Waals surface area contributed by atoms with E-state index in [9.17, 15) is 10.2 Å². The Labute approximate surface area is 126 Å².